The second-order valence-electron chi connectivity index (χ2n) is 11.4. The molecule has 3 aromatic rings. The third-order valence-electron chi connectivity index (χ3n) is 8.81. The molecule has 212 valence electrons. The number of aromatic nitrogens is 4. The fraction of sp³-hybridized carbons (Fsp3) is 0.556. The van der Waals surface area contributed by atoms with Crippen LogP contribution in [0.5, 0.6) is 11.8 Å². The van der Waals surface area contributed by atoms with Crippen molar-refractivity contribution in [2.45, 2.75) is 62.3 Å². The van der Waals surface area contributed by atoms with E-state index in [2.05, 4.69) is 30.1 Å². The zero-order chi connectivity index (χ0) is 27.6. The van der Waals surface area contributed by atoms with Crippen LogP contribution in [0, 0.1) is 0 Å². The molecule has 13 heteroatoms. The Morgan fingerprint density at radius 2 is 1.80 bits per heavy atom. The van der Waals surface area contributed by atoms with Crippen LogP contribution in [0.25, 0.3) is 22.4 Å². The molecular weight excluding hydrogens is 547 g/mol. The molecule has 2 bridgehead atoms. The molecule has 0 saturated carbocycles. The summed E-state index contributed by atoms with van der Waals surface area (Å²) in [6, 6.07) is 2.64. The van der Waals surface area contributed by atoms with Gasteiger partial charge in [0.1, 0.15) is 18.2 Å². The predicted molar refractivity (Wildman–Crippen MR) is 143 cm³/mol. The number of nitrogens with one attached hydrogen (secondary N) is 1. The standard InChI is InChI=1S/C27H29ClF3N7O2/c28-20-10-17(39)9-18(21(20)27(29,30)31)22-32-11-19-23(34-22)35-25(40-14-26-5-1-7-38(26)8-2-6-26)36-24(19)37-12-15-3-4-16(13-37)33-15/h9-11,15-16,33,39H,1-8,12-14H2. The lowest BCUT2D eigenvalue weighted by Gasteiger charge is -2.34. The second-order valence-corrected chi connectivity index (χ2v) is 11.8. The molecule has 7 rings (SSSR count). The van der Waals surface area contributed by atoms with Crippen molar-refractivity contribution >= 4 is 28.5 Å². The quantitative estimate of drug-likeness (QED) is 0.458. The van der Waals surface area contributed by atoms with Crippen molar-refractivity contribution in [3.63, 3.8) is 0 Å². The number of rotatable bonds is 5. The first-order valence-corrected chi connectivity index (χ1v) is 14.1. The van der Waals surface area contributed by atoms with Crippen molar-refractivity contribution in [2.75, 3.05) is 37.7 Å². The van der Waals surface area contributed by atoms with Gasteiger partial charge in [0.05, 0.1) is 21.5 Å². The summed E-state index contributed by atoms with van der Waals surface area (Å²) in [7, 11) is 0. The topological polar surface area (TPSA) is 99.5 Å². The van der Waals surface area contributed by atoms with E-state index in [9.17, 15) is 18.3 Å². The van der Waals surface area contributed by atoms with Gasteiger partial charge in [0, 0.05) is 36.9 Å². The van der Waals surface area contributed by atoms with Gasteiger partial charge in [0.25, 0.3) is 0 Å². The molecule has 6 heterocycles. The molecule has 9 nitrogen and oxygen atoms in total. The molecule has 2 atom stereocenters. The lowest BCUT2D eigenvalue weighted by molar-refractivity contribution is -0.137. The molecule has 4 aliphatic rings. The van der Waals surface area contributed by atoms with E-state index in [0.717, 1.165) is 76.8 Å². The number of ether oxygens (including phenoxy) is 1. The fourth-order valence-electron chi connectivity index (χ4n) is 7.00. The Hall–Kier alpha value is -2.96. The number of phenols is 1. The summed E-state index contributed by atoms with van der Waals surface area (Å²) in [5.41, 5.74) is -1.38. The maximum atomic E-state index is 14.0. The number of anilines is 1. The van der Waals surface area contributed by atoms with E-state index in [-0.39, 0.29) is 23.0 Å². The lowest BCUT2D eigenvalue weighted by atomic mass is 9.95. The third-order valence-corrected chi connectivity index (χ3v) is 9.11. The highest BCUT2D eigenvalue weighted by Crippen LogP contribution is 2.43. The van der Waals surface area contributed by atoms with Crippen molar-refractivity contribution < 1.29 is 23.0 Å². The molecule has 2 unspecified atom stereocenters. The Bertz CT molecular complexity index is 1450. The van der Waals surface area contributed by atoms with Crippen molar-refractivity contribution in [2.24, 2.45) is 0 Å². The van der Waals surface area contributed by atoms with Gasteiger partial charge in [-0.05, 0) is 63.7 Å². The number of piperazine rings is 1. The minimum Gasteiger partial charge on any atom is -0.508 e. The summed E-state index contributed by atoms with van der Waals surface area (Å²) in [6.07, 6.45) is 3.18. The van der Waals surface area contributed by atoms with Gasteiger partial charge in [-0.25, -0.2) is 9.97 Å². The summed E-state index contributed by atoms with van der Waals surface area (Å²) < 4.78 is 48.1. The Kier molecular flexibility index (Phi) is 6.21. The largest absolute Gasteiger partial charge is 0.508 e. The Labute approximate surface area is 233 Å². The number of aromatic hydroxyl groups is 1. The molecular formula is C27H29ClF3N7O2. The zero-order valence-corrected chi connectivity index (χ0v) is 22.5. The van der Waals surface area contributed by atoms with Crippen LogP contribution in [0.3, 0.4) is 0 Å². The highest BCUT2D eigenvalue weighted by molar-refractivity contribution is 6.32. The molecule has 0 radical (unpaired) electrons. The average Bonchev–Trinajstić information content (AvgIpc) is 3.58. The van der Waals surface area contributed by atoms with Crippen LogP contribution in [-0.4, -0.2) is 80.4 Å². The minimum absolute atomic E-state index is 0.0244. The van der Waals surface area contributed by atoms with Crippen LogP contribution < -0.4 is 15.0 Å². The van der Waals surface area contributed by atoms with E-state index >= 15 is 0 Å². The van der Waals surface area contributed by atoms with E-state index in [4.69, 9.17) is 21.3 Å². The Morgan fingerprint density at radius 3 is 2.50 bits per heavy atom. The number of phenolic OH excluding ortho intramolecular Hbond substituents is 1. The fourth-order valence-corrected chi connectivity index (χ4v) is 7.32. The first-order chi connectivity index (χ1) is 19.2. The molecule has 0 spiro atoms. The van der Waals surface area contributed by atoms with Crippen LogP contribution in [0.2, 0.25) is 5.02 Å². The van der Waals surface area contributed by atoms with Gasteiger partial charge >= 0.3 is 12.2 Å². The van der Waals surface area contributed by atoms with Gasteiger partial charge in [-0.2, -0.15) is 23.1 Å². The number of halogens is 4. The van der Waals surface area contributed by atoms with E-state index in [1.165, 1.54) is 6.20 Å². The van der Waals surface area contributed by atoms with E-state index < -0.39 is 28.1 Å². The minimum atomic E-state index is -4.78. The normalized spacial score (nSPS) is 24.1. The Morgan fingerprint density at radius 1 is 1.07 bits per heavy atom. The van der Waals surface area contributed by atoms with Crippen LogP contribution >= 0.6 is 11.6 Å². The number of hydrogen-bond acceptors (Lipinski definition) is 9. The van der Waals surface area contributed by atoms with Gasteiger partial charge < -0.3 is 20.1 Å². The average molecular weight is 576 g/mol. The van der Waals surface area contributed by atoms with Gasteiger partial charge in [-0.3, -0.25) is 4.90 Å². The molecule has 2 aromatic heterocycles. The molecule has 2 N–H and O–H groups in total. The maximum absolute atomic E-state index is 14.0. The molecule has 4 saturated heterocycles. The third kappa shape index (κ3) is 4.50. The summed E-state index contributed by atoms with van der Waals surface area (Å²) in [6.45, 7) is 4.04. The van der Waals surface area contributed by atoms with E-state index in [1.54, 1.807) is 0 Å². The number of benzene rings is 1. The van der Waals surface area contributed by atoms with E-state index in [0.29, 0.717) is 29.9 Å². The number of nitrogens with zero attached hydrogens (tertiary/aromatic N) is 6. The van der Waals surface area contributed by atoms with Crippen LogP contribution in [0.4, 0.5) is 19.0 Å². The predicted octanol–water partition coefficient (Wildman–Crippen LogP) is 4.41. The summed E-state index contributed by atoms with van der Waals surface area (Å²) in [5, 5.41) is 13.6. The summed E-state index contributed by atoms with van der Waals surface area (Å²) >= 11 is 5.92. The number of alkyl halides is 3. The smallest absolute Gasteiger partial charge is 0.418 e. The first kappa shape index (κ1) is 26.0. The first-order valence-electron chi connectivity index (χ1n) is 13.7. The highest BCUT2D eigenvalue weighted by Gasteiger charge is 2.45. The van der Waals surface area contributed by atoms with Crippen LogP contribution in [0.15, 0.2) is 18.3 Å². The molecule has 1 aromatic carbocycles. The molecule has 0 amide bonds. The second kappa shape index (κ2) is 9.56. The van der Waals surface area contributed by atoms with Gasteiger partial charge in [0.15, 0.2) is 11.5 Å². The van der Waals surface area contributed by atoms with Crippen LogP contribution in [-0.2, 0) is 6.18 Å². The monoisotopic (exact) mass is 575 g/mol. The number of hydrogen-bond donors (Lipinski definition) is 2. The van der Waals surface area contributed by atoms with Crippen molar-refractivity contribution in [1.82, 2.24) is 30.2 Å². The molecule has 4 fully saturated rings. The van der Waals surface area contributed by atoms with Crippen molar-refractivity contribution in [3.8, 4) is 23.1 Å². The van der Waals surface area contributed by atoms with E-state index in [1.807, 2.05) is 0 Å². The SMILES string of the molecule is Oc1cc(Cl)c(C(F)(F)F)c(-c2ncc3c(N4CC5CCC(C4)N5)nc(OCC45CCCN4CCC5)nc3n2)c1. The van der Waals surface area contributed by atoms with Crippen molar-refractivity contribution in [1.29, 1.82) is 0 Å². The van der Waals surface area contributed by atoms with Crippen molar-refractivity contribution in [3.05, 3.63) is 28.9 Å². The molecule has 0 aliphatic carbocycles. The van der Waals surface area contributed by atoms with Gasteiger partial charge in [0.2, 0.25) is 0 Å². The van der Waals surface area contributed by atoms with Gasteiger partial charge in [-0.15, -0.1) is 0 Å². The van der Waals surface area contributed by atoms with Gasteiger partial charge in [-0.1, -0.05) is 11.6 Å². The maximum Gasteiger partial charge on any atom is 0.418 e. The molecule has 40 heavy (non-hydrogen) atoms. The molecule has 4 aliphatic heterocycles. The highest BCUT2D eigenvalue weighted by atomic mass is 35.5. The lowest BCUT2D eigenvalue weighted by Crippen LogP contribution is -2.51. The number of fused-ring (bicyclic) bond motifs is 4. The Balaban J connectivity index is 1.32. The van der Waals surface area contributed by atoms with Crippen LogP contribution in [0.1, 0.15) is 44.1 Å². The zero-order valence-electron chi connectivity index (χ0n) is 21.7. The summed E-state index contributed by atoms with van der Waals surface area (Å²) in [4.78, 5) is 22.7. The summed E-state index contributed by atoms with van der Waals surface area (Å²) in [5.74, 6) is -0.0515.